The molecule has 0 atom stereocenters. The van der Waals surface area contributed by atoms with E-state index in [1.54, 1.807) is 31.4 Å². The summed E-state index contributed by atoms with van der Waals surface area (Å²) in [5, 5.41) is 9.00. The summed E-state index contributed by atoms with van der Waals surface area (Å²) in [5.41, 5.74) is 1.01. The Bertz CT molecular complexity index is 631. The summed E-state index contributed by atoms with van der Waals surface area (Å²) in [5.74, 6) is -0.156. The molecule has 0 radical (unpaired) electrons. The Kier molecular flexibility index (Phi) is 4.99. The topological polar surface area (TPSA) is 79.2 Å². The van der Waals surface area contributed by atoms with Crippen LogP contribution in [0.5, 0.6) is 0 Å². The fraction of sp³-hybridized carbons (Fsp3) is 0.533. The molecule has 2 rings (SSSR count). The first-order valence-electron chi connectivity index (χ1n) is 6.95. The number of sulfonamides is 1. The highest BCUT2D eigenvalue weighted by molar-refractivity contribution is 7.88. The van der Waals surface area contributed by atoms with Gasteiger partial charge in [0.15, 0.2) is 0 Å². The van der Waals surface area contributed by atoms with Crippen LogP contribution >= 0.6 is 0 Å². The smallest absolute Gasteiger partial charge is 0.215 e. The van der Waals surface area contributed by atoms with Crippen molar-refractivity contribution in [3.05, 3.63) is 35.4 Å². The molecule has 0 aliphatic heterocycles. The average Bonchev–Trinajstić information content (AvgIpc) is 3.24. The van der Waals surface area contributed by atoms with E-state index in [2.05, 4.69) is 4.72 Å². The first kappa shape index (κ1) is 16.0. The van der Waals surface area contributed by atoms with Gasteiger partial charge in [-0.1, -0.05) is 18.2 Å². The zero-order chi connectivity index (χ0) is 15.3. The molecule has 21 heavy (non-hydrogen) atoms. The van der Waals surface area contributed by atoms with E-state index in [-0.39, 0.29) is 11.2 Å². The van der Waals surface area contributed by atoms with Crippen molar-refractivity contribution in [2.75, 3.05) is 20.3 Å². The number of rotatable bonds is 8. The largest absolute Gasteiger partial charge is 0.385 e. The van der Waals surface area contributed by atoms with E-state index in [1.165, 1.54) is 0 Å². The monoisotopic (exact) mass is 308 g/mol. The molecule has 114 valence electrons. The fourth-order valence-electron chi connectivity index (χ4n) is 2.28. The van der Waals surface area contributed by atoms with Crippen LogP contribution in [0.25, 0.3) is 0 Å². The molecular weight excluding hydrogens is 288 g/mol. The second kappa shape index (κ2) is 6.56. The number of nitrogens with zero attached hydrogens (tertiary/aromatic N) is 1. The van der Waals surface area contributed by atoms with E-state index in [4.69, 9.17) is 10.00 Å². The van der Waals surface area contributed by atoms with Gasteiger partial charge in [-0.15, -0.1) is 0 Å². The molecule has 0 amide bonds. The number of hydrogen-bond acceptors (Lipinski definition) is 4. The van der Waals surface area contributed by atoms with Crippen LogP contribution in [0.1, 0.15) is 30.4 Å². The van der Waals surface area contributed by atoms with Gasteiger partial charge >= 0.3 is 0 Å². The van der Waals surface area contributed by atoms with Gasteiger partial charge in [0.05, 0.1) is 17.4 Å². The lowest BCUT2D eigenvalue weighted by Crippen LogP contribution is -2.32. The molecule has 6 heteroatoms. The molecule has 0 aromatic heterocycles. The molecule has 0 heterocycles. The number of benzene rings is 1. The Balaban J connectivity index is 1.95. The summed E-state index contributed by atoms with van der Waals surface area (Å²) in [7, 11) is -1.78. The summed E-state index contributed by atoms with van der Waals surface area (Å²) < 4.78 is 32.1. The molecule has 5 nitrogen and oxygen atoms in total. The second-order valence-corrected chi connectivity index (χ2v) is 7.40. The van der Waals surface area contributed by atoms with E-state index < -0.39 is 10.0 Å². The van der Waals surface area contributed by atoms with Gasteiger partial charge in [0.2, 0.25) is 10.0 Å². The van der Waals surface area contributed by atoms with Gasteiger partial charge in [-0.05, 0) is 36.3 Å². The Hall–Kier alpha value is -1.42. The zero-order valence-corrected chi connectivity index (χ0v) is 12.9. The van der Waals surface area contributed by atoms with Crippen LogP contribution in [0.3, 0.4) is 0 Å². The molecule has 1 aromatic carbocycles. The maximum Gasteiger partial charge on any atom is 0.215 e. The highest BCUT2D eigenvalue weighted by atomic mass is 32.2. The molecule has 0 spiro atoms. The number of nitrogens with one attached hydrogen (secondary N) is 1. The molecule has 0 unspecified atom stereocenters. The highest BCUT2D eigenvalue weighted by Crippen LogP contribution is 2.48. The third kappa shape index (κ3) is 4.53. The van der Waals surface area contributed by atoms with Gasteiger partial charge in [-0.3, -0.25) is 0 Å². The SMILES string of the molecule is COCCC1(CNS(=O)(=O)Cc2ccccc2C#N)CC1. The minimum Gasteiger partial charge on any atom is -0.385 e. The van der Waals surface area contributed by atoms with E-state index >= 15 is 0 Å². The van der Waals surface area contributed by atoms with Gasteiger partial charge in [-0.2, -0.15) is 5.26 Å². The van der Waals surface area contributed by atoms with Crippen molar-refractivity contribution in [3.63, 3.8) is 0 Å². The lowest BCUT2D eigenvalue weighted by atomic mass is 10.0. The number of ether oxygens (including phenoxy) is 1. The van der Waals surface area contributed by atoms with Crippen molar-refractivity contribution in [2.24, 2.45) is 5.41 Å². The van der Waals surface area contributed by atoms with Crippen molar-refractivity contribution < 1.29 is 13.2 Å². The molecule has 1 aliphatic carbocycles. The quantitative estimate of drug-likeness (QED) is 0.794. The van der Waals surface area contributed by atoms with Crippen molar-refractivity contribution in [1.82, 2.24) is 4.72 Å². The third-order valence-corrected chi connectivity index (χ3v) is 5.22. The fourth-order valence-corrected chi connectivity index (χ4v) is 3.57. The Morgan fingerprint density at radius 1 is 1.38 bits per heavy atom. The van der Waals surface area contributed by atoms with Crippen LogP contribution in [0.4, 0.5) is 0 Å². The minimum absolute atomic E-state index is 0.0673. The number of nitriles is 1. The number of hydrogen-bond donors (Lipinski definition) is 1. The summed E-state index contributed by atoms with van der Waals surface area (Å²) in [6.45, 7) is 1.10. The van der Waals surface area contributed by atoms with Gasteiger partial charge < -0.3 is 4.74 Å². The van der Waals surface area contributed by atoms with Crippen LogP contribution < -0.4 is 4.72 Å². The summed E-state index contributed by atoms with van der Waals surface area (Å²) in [4.78, 5) is 0. The van der Waals surface area contributed by atoms with Crippen LogP contribution in [0.2, 0.25) is 0 Å². The van der Waals surface area contributed by atoms with Gasteiger partial charge in [0.25, 0.3) is 0 Å². The normalized spacial score (nSPS) is 16.4. The van der Waals surface area contributed by atoms with E-state index in [0.717, 1.165) is 19.3 Å². The predicted octanol–water partition coefficient (Wildman–Crippen LogP) is 1.79. The van der Waals surface area contributed by atoms with Gasteiger partial charge in [-0.25, -0.2) is 13.1 Å². The Morgan fingerprint density at radius 3 is 2.71 bits per heavy atom. The van der Waals surface area contributed by atoms with Crippen LogP contribution in [0.15, 0.2) is 24.3 Å². The van der Waals surface area contributed by atoms with Crippen molar-refractivity contribution in [2.45, 2.75) is 25.0 Å². The molecular formula is C15H20N2O3S. The molecule has 0 saturated heterocycles. The van der Waals surface area contributed by atoms with Crippen LogP contribution in [-0.4, -0.2) is 28.7 Å². The maximum absolute atomic E-state index is 12.2. The maximum atomic E-state index is 12.2. The van der Waals surface area contributed by atoms with E-state index in [1.807, 2.05) is 6.07 Å². The Morgan fingerprint density at radius 2 is 2.10 bits per heavy atom. The van der Waals surface area contributed by atoms with E-state index in [0.29, 0.717) is 24.3 Å². The molecule has 1 aromatic rings. The lowest BCUT2D eigenvalue weighted by molar-refractivity contribution is 0.173. The molecule has 1 N–H and O–H groups in total. The van der Waals surface area contributed by atoms with Crippen molar-refractivity contribution in [3.8, 4) is 6.07 Å². The molecule has 1 aliphatic rings. The minimum atomic E-state index is -3.43. The van der Waals surface area contributed by atoms with Crippen LogP contribution in [0, 0.1) is 16.7 Å². The standard InChI is InChI=1S/C15H20N2O3S/c1-20-9-8-15(6-7-15)12-17-21(18,19)11-14-5-3-2-4-13(14)10-16/h2-5,17H,6-9,11-12H2,1H3. The number of methoxy groups -OCH3 is 1. The predicted molar refractivity (Wildman–Crippen MR) is 79.9 cm³/mol. The Labute approximate surface area is 126 Å². The summed E-state index contributed by atoms with van der Waals surface area (Å²) in [6, 6.07) is 8.80. The third-order valence-electron chi connectivity index (χ3n) is 3.94. The van der Waals surface area contributed by atoms with Gasteiger partial charge in [0, 0.05) is 20.3 Å². The van der Waals surface area contributed by atoms with Crippen LogP contribution in [-0.2, 0) is 20.5 Å². The summed E-state index contributed by atoms with van der Waals surface area (Å²) >= 11 is 0. The van der Waals surface area contributed by atoms with Crippen molar-refractivity contribution in [1.29, 1.82) is 5.26 Å². The summed E-state index contributed by atoms with van der Waals surface area (Å²) in [6.07, 6.45) is 2.95. The highest BCUT2D eigenvalue weighted by Gasteiger charge is 2.42. The van der Waals surface area contributed by atoms with Gasteiger partial charge in [0.1, 0.15) is 0 Å². The first-order valence-corrected chi connectivity index (χ1v) is 8.60. The molecule has 1 saturated carbocycles. The second-order valence-electron chi connectivity index (χ2n) is 5.59. The lowest BCUT2D eigenvalue weighted by Gasteiger charge is -2.15. The average molecular weight is 308 g/mol. The first-order chi connectivity index (χ1) is 10.0. The zero-order valence-electron chi connectivity index (χ0n) is 12.1. The molecule has 1 fully saturated rings. The van der Waals surface area contributed by atoms with E-state index in [9.17, 15) is 8.42 Å². The molecule has 0 bridgehead atoms. The van der Waals surface area contributed by atoms with Crippen molar-refractivity contribution >= 4 is 10.0 Å².